The van der Waals surface area contributed by atoms with Crippen LogP contribution in [0.3, 0.4) is 0 Å². The molecule has 1 N–H and O–H groups in total. The molecule has 0 fully saturated rings. The second-order valence-electron chi connectivity index (χ2n) is 9.81. The van der Waals surface area contributed by atoms with Crippen LogP contribution in [0.1, 0.15) is 34.1 Å². The highest BCUT2D eigenvalue weighted by Crippen LogP contribution is 2.33. The first-order valence-electron chi connectivity index (χ1n) is 13.5. The third-order valence-corrected chi connectivity index (χ3v) is 7.61. The largest absolute Gasteiger partial charge is 0.322 e. The molecule has 0 aliphatic carbocycles. The average molecular weight is 603 g/mol. The number of thiazole rings is 1. The van der Waals surface area contributed by atoms with E-state index in [1.165, 1.54) is 41.4 Å². The molecule has 0 radical (unpaired) electrons. The summed E-state index contributed by atoms with van der Waals surface area (Å²) < 4.78 is 0. The number of nitrogens with zero attached hydrogens (tertiary/aromatic N) is 3. The Balaban J connectivity index is 1.44. The van der Waals surface area contributed by atoms with Crippen LogP contribution in [0.5, 0.6) is 0 Å². The molecule has 5 rings (SSSR count). The van der Waals surface area contributed by atoms with Crippen molar-refractivity contribution in [3.05, 3.63) is 141 Å². The predicted molar refractivity (Wildman–Crippen MR) is 172 cm³/mol. The van der Waals surface area contributed by atoms with Gasteiger partial charge in [0.25, 0.3) is 5.69 Å². The van der Waals surface area contributed by atoms with Gasteiger partial charge in [-0.3, -0.25) is 29.4 Å². The molecule has 44 heavy (non-hydrogen) atoms. The van der Waals surface area contributed by atoms with E-state index in [4.69, 9.17) is 0 Å². The number of nitro benzene ring substituents is 1. The van der Waals surface area contributed by atoms with Crippen LogP contribution in [0.4, 0.5) is 22.7 Å². The van der Waals surface area contributed by atoms with E-state index in [0.29, 0.717) is 28.3 Å². The Bertz CT molecular complexity index is 1880. The summed E-state index contributed by atoms with van der Waals surface area (Å²) in [5.74, 6) is -1.04. The Hall–Kier alpha value is -5.74. The monoisotopic (exact) mass is 602 g/mol. The number of nitro groups is 1. The van der Waals surface area contributed by atoms with E-state index in [1.807, 2.05) is 37.3 Å². The van der Waals surface area contributed by atoms with Crippen molar-refractivity contribution in [1.29, 1.82) is 0 Å². The molecular formula is C34H26N4O5S. The van der Waals surface area contributed by atoms with Gasteiger partial charge >= 0.3 is 0 Å². The van der Waals surface area contributed by atoms with Gasteiger partial charge in [-0.05, 0) is 61.0 Å². The minimum atomic E-state index is -0.465. The molecule has 9 nitrogen and oxygen atoms in total. The van der Waals surface area contributed by atoms with Gasteiger partial charge < -0.3 is 5.32 Å². The van der Waals surface area contributed by atoms with Crippen molar-refractivity contribution >= 4 is 57.8 Å². The summed E-state index contributed by atoms with van der Waals surface area (Å²) in [6.07, 6.45) is 2.88. The summed E-state index contributed by atoms with van der Waals surface area (Å²) in [7, 11) is 0. The van der Waals surface area contributed by atoms with E-state index in [-0.39, 0.29) is 22.9 Å². The topological polar surface area (TPSA) is 123 Å². The molecule has 0 saturated heterocycles. The number of anilines is 3. The van der Waals surface area contributed by atoms with Gasteiger partial charge in [0.05, 0.1) is 26.7 Å². The highest BCUT2D eigenvalue weighted by molar-refractivity contribution is 7.13. The maximum Gasteiger partial charge on any atom is 0.269 e. The first kappa shape index (κ1) is 29.7. The second-order valence-corrected chi connectivity index (χ2v) is 10.7. The number of benzene rings is 4. The summed E-state index contributed by atoms with van der Waals surface area (Å²) in [6, 6.07) is 27.1. The van der Waals surface area contributed by atoms with Crippen LogP contribution < -0.4 is 10.2 Å². The third-order valence-electron chi connectivity index (χ3n) is 6.72. The average Bonchev–Trinajstić information content (AvgIpc) is 3.50. The minimum Gasteiger partial charge on any atom is -0.322 e. The van der Waals surface area contributed by atoms with Crippen molar-refractivity contribution in [2.45, 2.75) is 13.8 Å². The van der Waals surface area contributed by atoms with Crippen molar-refractivity contribution in [2.75, 3.05) is 10.2 Å². The number of amides is 2. The van der Waals surface area contributed by atoms with Gasteiger partial charge in [-0.15, -0.1) is 11.3 Å². The fraction of sp³-hybridized carbons (Fsp3) is 0.0588. The maximum absolute atomic E-state index is 13.7. The van der Waals surface area contributed by atoms with Crippen LogP contribution in [-0.2, 0) is 9.59 Å². The van der Waals surface area contributed by atoms with Gasteiger partial charge in [-0.1, -0.05) is 48.0 Å². The highest BCUT2D eigenvalue weighted by atomic mass is 32.1. The minimum absolute atomic E-state index is 0.0174. The molecule has 0 aliphatic heterocycles. The number of carbonyl (C=O) groups is 3. The van der Waals surface area contributed by atoms with Gasteiger partial charge in [0.2, 0.25) is 11.8 Å². The van der Waals surface area contributed by atoms with Crippen molar-refractivity contribution in [2.24, 2.45) is 0 Å². The van der Waals surface area contributed by atoms with Crippen LogP contribution in [0.25, 0.3) is 16.5 Å². The summed E-state index contributed by atoms with van der Waals surface area (Å²) in [5, 5.41) is 13.8. The molecular weight excluding hydrogens is 576 g/mol. The lowest BCUT2D eigenvalue weighted by molar-refractivity contribution is -0.384. The van der Waals surface area contributed by atoms with E-state index < -0.39 is 10.8 Å². The lowest BCUT2D eigenvalue weighted by Gasteiger charge is -2.24. The Morgan fingerprint density at radius 3 is 2.30 bits per heavy atom. The molecule has 1 aromatic heterocycles. The summed E-state index contributed by atoms with van der Waals surface area (Å²) >= 11 is 1.35. The normalized spacial score (nSPS) is 10.9. The molecule has 2 amide bonds. The zero-order valence-corrected chi connectivity index (χ0v) is 24.6. The number of ketones is 1. The molecule has 4 aromatic carbocycles. The van der Waals surface area contributed by atoms with E-state index in [0.717, 1.165) is 16.0 Å². The number of carbonyl (C=O) groups excluding carboxylic acids is 3. The van der Waals surface area contributed by atoms with Crippen molar-refractivity contribution in [3.63, 3.8) is 0 Å². The zero-order chi connectivity index (χ0) is 31.2. The number of aromatic nitrogens is 1. The third kappa shape index (κ3) is 6.66. The van der Waals surface area contributed by atoms with Crippen LogP contribution in [0.15, 0.2) is 109 Å². The fourth-order valence-corrected chi connectivity index (χ4v) is 5.37. The molecule has 0 bridgehead atoms. The number of hydrogen-bond acceptors (Lipinski definition) is 7. The number of hydrogen-bond donors (Lipinski definition) is 1. The summed E-state index contributed by atoms with van der Waals surface area (Å²) in [5.41, 5.74) is 5.95. The van der Waals surface area contributed by atoms with Gasteiger partial charge in [-0.2, -0.15) is 0 Å². The highest BCUT2D eigenvalue weighted by Gasteiger charge is 2.23. The zero-order valence-electron chi connectivity index (χ0n) is 23.8. The van der Waals surface area contributed by atoms with Crippen LogP contribution in [-0.4, -0.2) is 27.5 Å². The van der Waals surface area contributed by atoms with Gasteiger partial charge in [-0.25, -0.2) is 4.98 Å². The molecule has 0 aliphatic rings. The van der Waals surface area contributed by atoms with E-state index in [2.05, 4.69) is 10.3 Å². The van der Waals surface area contributed by atoms with Crippen LogP contribution in [0, 0.1) is 17.0 Å². The molecule has 0 unspecified atom stereocenters. The number of aryl methyl sites for hydroxylation is 1. The van der Waals surface area contributed by atoms with Crippen LogP contribution in [0.2, 0.25) is 0 Å². The molecule has 1 heterocycles. The van der Waals surface area contributed by atoms with Crippen molar-refractivity contribution in [1.82, 2.24) is 4.98 Å². The molecule has 218 valence electrons. The Kier molecular flexibility index (Phi) is 8.82. The Morgan fingerprint density at radius 1 is 0.932 bits per heavy atom. The molecule has 0 saturated carbocycles. The van der Waals surface area contributed by atoms with E-state index in [9.17, 15) is 24.5 Å². The number of non-ortho nitro benzene ring substituents is 1. The van der Waals surface area contributed by atoms with Crippen molar-refractivity contribution in [3.8, 4) is 10.4 Å². The summed E-state index contributed by atoms with van der Waals surface area (Å²) in [4.78, 5) is 56.6. The van der Waals surface area contributed by atoms with Gasteiger partial charge in [0.1, 0.15) is 0 Å². The van der Waals surface area contributed by atoms with E-state index in [1.54, 1.807) is 66.2 Å². The molecule has 0 atom stereocenters. The SMILES string of the molecule is CC(=O)N(c1ccc(C)cc1)c1ccc(NC(=O)C=Cc2ncsc2-c2ccc([N+](=O)[O-])cc2)cc1C(=O)c1ccccc1. The quantitative estimate of drug-likeness (QED) is 0.0802. The van der Waals surface area contributed by atoms with Gasteiger partial charge in [0.15, 0.2) is 5.78 Å². The smallest absolute Gasteiger partial charge is 0.269 e. The van der Waals surface area contributed by atoms with Crippen molar-refractivity contribution < 1.29 is 19.3 Å². The van der Waals surface area contributed by atoms with Crippen LogP contribution >= 0.6 is 11.3 Å². The second kappa shape index (κ2) is 13.1. The maximum atomic E-state index is 13.7. The lowest BCUT2D eigenvalue weighted by atomic mass is 9.99. The predicted octanol–water partition coefficient (Wildman–Crippen LogP) is 7.59. The first-order valence-corrected chi connectivity index (χ1v) is 14.4. The number of rotatable bonds is 9. The Morgan fingerprint density at radius 2 is 1.64 bits per heavy atom. The fourth-order valence-electron chi connectivity index (χ4n) is 4.58. The first-order chi connectivity index (χ1) is 21.2. The standard InChI is InChI=1S/C34H26N4O5S/c1-22-8-13-27(14-9-22)37(23(2)39)31-18-12-26(20-29(31)33(41)24-6-4-3-5-7-24)36-32(40)19-17-30-34(44-21-35-30)25-10-15-28(16-11-25)38(42)43/h3-21H,1-2H3,(H,36,40). The molecule has 10 heteroatoms. The number of nitrogens with one attached hydrogen (secondary N) is 1. The van der Waals surface area contributed by atoms with Gasteiger partial charge in [0, 0.05) is 47.6 Å². The molecule has 5 aromatic rings. The lowest BCUT2D eigenvalue weighted by Crippen LogP contribution is -2.25. The summed E-state index contributed by atoms with van der Waals surface area (Å²) in [6.45, 7) is 3.38. The molecule has 0 spiro atoms. The van der Waals surface area contributed by atoms with E-state index >= 15 is 0 Å². The Labute approximate surface area is 257 Å².